The number of carbonyl (C=O) groups excluding carboxylic acids is 1. The third kappa shape index (κ3) is 11.2. The van der Waals surface area contributed by atoms with Crippen molar-refractivity contribution < 1.29 is 9.53 Å². The van der Waals surface area contributed by atoms with Gasteiger partial charge in [-0.15, -0.1) is 0 Å². The monoisotopic (exact) mass is 201 g/mol. The number of nitrogens with zero attached hydrogens (tertiary/aromatic N) is 1. The number of rotatable bonds is 4. The molecular formula is C11H23NO2. The zero-order chi connectivity index (χ0) is 11.6. The highest BCUT2D eigenvalue weighted by Gasteiger charge is 1.98. The Morgan fingerprint density at radius 1 is 1.29 bits per heavy atom. The van der Waals surface area contributed by atoms with Gasteiger partial charge in [-0.1, -0.05) is 20.4 Å². The summed E-state index contributed by atoms with van der Waals surface area (Å²) < 4.78 is 4.56. The van der Waals surface area contributed by atoms with Crippen LogP contribution < -0.4 is 0 Å². The predicted molar refractivity (Wildman–Crippen MR) is 60.3 cm³/mol. The van der Waals surface area contributed by atoms with Crippen molar-refractivity contribution in [1.29, 1.82) is 0 Å². The topological polar surface area (TPSA) is 29.5 Å². The normalized spacial score (nSPS) is 9.00. The number of esters is 1. The predicted octanol–water partition coefficient (Wildman–Crippen LogP) is 2.08. The van der Waals surface area contributed by atoms with E-state index in [1.54, 1.807) is 13.8 Å². The SMILES string of the molecule is C=C(C)C(=O)OCC.CCN(C)CC. The molecule has 0 aromatic heterocycles. The van der Waals surface area contributed by atoms with Gasteiger partial charge in [0.1, 0.15) is 0 Å². The summed E-state index contributed by atoms with van der Waals surface area (Å²) in [6, 6.07) is 0. The maximum atomic E-state index is 10.4. The van der Waals surface area contributed by atoms with Gasteiger partial charge in [0, 0.05) is 5.57 Å². The van der Waals surface area contributed by atoms with Crippen molar-refractivity contribution in [3.8, 4) is 0 Å². The second-order valence-electron chi connectivity index (χ2n) is 2.99. The molecule has 3 nitrogen and oxygen atoms in total. The summed E-state index contributed by atoms with van der Waals surface area (Å²) in [4.78, 5) is 12.7. The van der Waals surface area contributed by atoms with Gasteiger partial charge in [-0.3, -0.25) is 0 Å². The second kappa shape index (κ2) is 10.3. The van der Waals surface area contributed by atoms with E-state index in [1.165, 1.54) is 0 Å². The standard InChI is InChI=1S/C6H10O2.C5H13N/c1-4-8-6(7)5(2)3;1-4-6(3)5-2/h2,4H2,1,3H3;4-5H2,1-3H3. The summed E-state index contributed by atoms with van der Waals surface area (Å²) in [6.07, 6.45) is 0. The minimum atomic E-state index is -0.312. The molecule has 0 rings (SSSR count). The van der Waals surface area contributed by atoms with Crippen molar-refractivity contribution in [3.63, 3.8) is 0 Å². The molecule has 0 aliphatic heterocycles. The highest BCUT2D eigenvalue weighted by molar-refractivity contribution is 5.86. The van der Waals surface area contributed by atoms with Crippen LogP contribution in [0.5, 0.6) is 0 Å². The third-order valence-corrected chi connectivity index (χ3v) is 1.70. The molecule has 14 heavy (non-hydrogen) atoms. The number of ether oxygens (including phenoxy) is 1. The van der Waals surface area contributed by atoms with Crippen molar-refractivity contribution in [2.45, 2.75) is 27.7 Å². The zero-order valence-electron chi connectivity index (χ0n) is 10.1. The fourth-order valence-electron chi connectivity index (χ4n) is 0.478. The highest BCUT2D eigenvalue weighted by Crippen LogP contribution is 1.89. The van der Waals surface area contributed by atoms with Crippen LogP contribution in [0.2, 0.25) is 0 Å². The molecule has 84 valence electrons. The first kappa shape index (κ1) is 15.6. The van der Waals surface area contributed by atoms with E-state index in [9.17, 15) is 4.79 Å². The fraction of sp³-hybridized carbons (Fsp3) is 0.727. The van der Waals surface area contributed by atoms with Gasteiger partial charge in [-0.05, 0) is 34.0 Å². The Bertz CT molecular complexity index is 163. The molecule has 0 bridgehead atoms. The lowest BCUT2D eigenvalue weighted by Gasteiger charge is -2.07. The molecule has 0 heterocycles. The minimum Gasteiger partial charge on any atom is -0.463 e. The summed E-state index contributed by atoms with van der Waals surface area (Å²) >= 11 is 0. The van der Waals surface area contributed by atoms with Crippen molar-refractivity contribution in [2.24, 2.45) is 0 Å². The van der Waals surface area contributed by atoms with Gasteiger partial charge in [0.25, 0.3) is 0 Å². The first-order valence-corrected chi connectivity index (χ1v) is 5.00. The van der Waals surface area contributed by atoms with E-state index in [0.717, 1.165) is 13.1 Å². The maximum absolute atomic E-state index is 10.4. The van der Waals surface area contributed by atoms with E-state index in [2.05, 4.69) is 37.1 Å². The molecular weight excluding hydrogens is 178 g/mol. The quantitative estimate of drug-likeness (QED) is 0.515. The number of hydrogen-bond donors (Lipinski definition) is 0. The fourth-order valence-corrected chi connectivity index (χ4v) is 0.478. The molecule has 0 aliphatic rings. The minimum absolute atomic E-state index is 0.312. The van der Waals surface area contributed by atoms with Crippen LogP contribution in [0.25, 0.3) is 0 Å². The average Bonchev–Trinajstić information content (AvgIpc) is 2.18. The molecule has 0 aromatic carbocycles. The Hall–Kier alpha value is -0.830. The largest absolute Gasteiger partial charge is 0.463 e. The summed E-state index contributed by atoms with van der Waals surface area (Å²) in [5, 5.41) is 0. The van der Waals surface area contributed by atoms with Gasteiger partial charge < -0.3 is 9.64 Å². The first-order chi connectivity index (χ1) is 6.49. The van der Waals surface area contributed by atoms with Crippen LogP contribution in [0.15, 0.2) is 12.2 Å². The van der Waals surface area contributed by atoms with Gasteiger partial charge >= 0.3 is 5.97 Å². The van der Waals surface area contributed by atoms with Gasteiger partial charge in [-0.2, -0.15) is 0 Å². The van der Waals surface area contributed by atoms with Crippen LogP contribution in [0, 0.1) is 0 Å². The van der Waals surface area contributed by atoms with E-state index in [1.807, 2.05) is 0 Å². The molecule has 3 heteroatoms. The lowest BCUT2D eigenvalue weighted by atomic mass is 10.4. The van der Waals surface area contributed by atoms with Crippen molar-refractivity contribution >= 4 is 5.97 Å². The van der Waals surface area contributed by atoms with E-state index in [-0.39, 0.29) is 5.97 Å². The van der Waals surface area contributed by atoms with Crippen molar-refractivity contribution in [1.82, 2.24) is 4.90 Å². The molecule has 0 amide bonds. The van der Waals surface area contributed by atoms with Crippen LogP contribution in [-0.2, 0) is 9.53 Å². The molecule has 0 atom stereocenters. The molecule has 0 saturated heterocycles. The Kier molecular flexibility index (Phi) is 11.4. The number of hydrogen-bond acceptors (Lipinski definition) is 3. The van der Waals surface area contributed by atoms with Crippen LogP contribution in [-0.4, -0.2) is 37.6 Å². The Balaban J connectivity index is 0. The van der Waals surface area contributed by atoms with Gasteiger partial charge in [0.2, 0.25) is 0 Å². The zero-order valence-corrected chi connectivity index (χ0v) is 10.1. The Morgan fingerprint density at radius 2 is 1.71 bits per heavy atom. The van der Waals surface area contributed by atoms with E-state index >= 15 is 0 Å². The molecule has 0 unspecified atom stereocenters. The molecule has 0 spiro atoms. The van der Waals surface area contributed by atoms with Crippen molar-refractivity contribution in [3.05, 3.63) is 12.2 Å². The smallest absolute Gasteiger partial charge is 0.333 e. The Morgan fingerprint density at radius 3 is 1.79 bits per heavy atom. The molecule has 0 radical (unpaired) electrons. The molecule has 0 fully saturated rings. The lowest BCUT2D eigenvalue weighted by molar-refractivity contribution is -0.138. The second-order valence-corrected chi connectivity index (χ2v) is 2.99. The highest BCUT2D eigenvalue weighted by atomic mass is 16.5. The first-order valence-electron chi connectivity index (χ1n) is 5.00. The maximum Gasteiger partial charge on any atom is 0.333 e. The molecule has 0 saturated carbocycles. The van der Waals surface area contributed by atoms with E-state index < -0.39 is 0 Å². The van der Waals surface area contributed by atoms with Gasteiger partial charge in [0.15, 0.2) is 0 Å². The average molecular weight is 201 g/mol. The van der Waals surface area contributed by atoms with E-state index in [0.29, 0.717) is 12.2 Å². The summed E-state index contributed by atoms with van der Waals surface area (Å²) in [5.74, 6) is -0.312. The summed E-state index contributed by atoms with van der Waals surface area (Å²) in [6.45, 7) is 13.8. The van der Waals surface area contributed by atoms with Crippen LogP contribution in [0.3, 0.4) is 0 Å². The summed E-state index contributed by atoms with van der Waals surface area (Å²) in [7, 11) is 2.11. The number of carbonyl (C=O) groups is 1. The van der Waals surface area contributed by atoms with E-state index in [4.69, 9.17) is 0 Å². The van der Waals surface area contributed by atoms with Gasteiger partial charge in [-0.25, -0.2) is 4.79 Å². The molecule has 0 aliphatic carbocycles. The Labute approximate surface area is 87.7 Å². The van der Waals surface area contributed by atoms with Crippen LogP contribution >= 0.6 is 0 Å². The van der Waals surface area contributed by atoms with Crippen LogP contribution in [0.4, 0.5) is 0 Å². The summed E-state index contributed by atoms with van der Waals surface area (Å²) in [5.41, 5.74) is 0.451. The third-order valence-electron chi connectivity index (χ3n) is 1.70. The molecule has 0 N–H and O–H groups in total. The lowest BCUT2D eigenvalue weighted by Crippen LogP contribution is -2.15. The van der Waals surface area contributed by atoms with Gasteiger partial charge in [0.05, 0.1) is 6.61 Å². The van der Waals surface area contributed by atoms with Crippen LogP contribution in [0.1, 0.15) is 27.7 Å². The molecule has 0 aromatic rings. The van der Waals surface area contributed by atoms with Crippen molar-refractivity contribution in [2.75, 3.05) is 26.7 Å².